The lowest BCUT2D eigenvalue weighted by Crippen LogP contribution is -2.34. The van der Waals surface area contributed by atoms with Crippen LogP contribution in [0.1, 0.15) is 13.3 Å². The van der Waals surface area contributed by atoms with Crippen LogP contribution in [0.3, 0.4) is 0 Å². The fourth-order valence-electron chi connectivity index (χ4n) is 1.54. The van der Waals surface area contributed by atoms with Gasteiger partial charge in [-0.25, -0.2) is 0 Å². The Bertz CT molecular complexity index is 429. The molecule has 0 heterocycles. The highest BCUT2D eigenvalue weighted by Crippen LogP contribution is 2.30. The Labute approximate surface area is 110 Å². The van der Waals surface area contributed by atoms with Gasteiger partial charge in [0.05, 0.1) is 0 Å². The first kappa shape index (κ1) is 12.9. The normalized spacial score (nSPS) is 11.0. The number of benzene rings is 2. The third-order valence-corrected chi connectivity index (χ3v) is 3.20. The zero-order valence-corrected chi connectivity index (χ0v) is 11.5. The van der Waals surface area contributed by atoms with Crippen LogP contribution in [0, 0.1) is 0 Å². The Balaban J connectivity index is 2.11. The molecule has 0 N–H and O–H groups in total. The van der Waals surface area contributed by atoms with E-state index in [2.05, 4.69) is 9.24 Å². The van der Waals surface area contributed by atoms with Crippen molar-refractivity contribution in [2.45, 2.75) is 18.9 Å². The van der Waals surface area contributed by atoms with Crippen molar-refractivity contribution in [1.82, 2.24) is 0 Å². The molecule has 0 bridgehead atoms. The lowest BCUT2D eigenvalue weighted by atomic mass is 10.3. The minimum Gasteiger partial charge on any atom is -0.449 e. The lowest BCUT2D eigenvalue weighted by Gasteiger charge is -2.30. The summed E-state index contributed by atoms with van der Waals surface area (Å²) in [6.07, 6.45) is 0.724. The Kier molecular flexibility index (Phi) is 4.22. The monoisotopic (exact) mass is 260 g/mol. The SMILES string of the molecule is CCC(P)(Oc1ccccc1)Oc1ccccc1. The fourth-order valence-corrected chi connectivity index (χ4v) is 1.81. The first-order valence-corrected chi connectivity index (χ1v) is 6.56. The second-order valence-electron chi connectivity index (χ2n) is 4.00. The summed E-state index contributed by atoms with van der Waals surface area (Å²) in [4.78, 5) is 0. The molecule has 0 aliphatic heterocycles. The van der Waals surface area contributed by atoms with Crippen LogP contribution in [0.4, 0.5) is 0 Å². The summed E-state index contributed by atoms with van der Waals surface area (Å²) in [6.45, 7) is 2.03. The van der Waals surface area contributed by atoms with Gasteiger partial charge in [-0.3, -0.25) is 0 Å². The second-order valence-corrected chi connectivity index (χ2v) is 4.88. The van der Waals surface area contributed by atoms with E-state index in [9.17, 15) is 0 Å². The molecular weight excluding hydrogens is 243 g/mol. The molecule has 0 aliphatic rings. The van der Waals surface area contributed by atoms with Crippen LogP contribution in [-0.2, 0) is 0 Å². The predicted molar refractivity (Wildman–Crippen MR) is 76.9 cm³/mol. The third kappa shape index (κ3) is 3.48. The zero-order chi connectivity index (χ0) is 12.8. The van der Waals surface area contributed by atoms with E-state index >= 15 is 0 Å². The molecule has 0 saturated heterocycles. The molecule has 1 atom stereocenters. The molecule has 18 heavy (non-hydrogen) atoms. The zero-order valence-electron chi connectivity index (χ0n) is 10.4. The topological polar surface area (TPSA) is 18.5 Å². The first-order valence-electron chi connectivity index (χ1n) is 5.99. The van der Waals surface area contributed by atoms with Gasteiger partial charge >= 0.3 is 0 Å². The lowest BCUT2D eigenvalue weighted by molar-refractivity contribution is -0.0332. The van der Waals surface area contributed by atoms with Gasteiger partial charge in [-0.1, -0.05) is 43.3 Å². The summed E-state index contributed by atoms with van der Waals surface area (Å²) in [5, 5.41) is 0. The summed E-state index contributed by atoms with van der Waals surface area (Å²) in [6, 6.07) is 19.4. The molecule has 0 amide bonds. The second kappa shape index (κ2) is 5.88. The van der Waals surface area contributed by atoms with Crippen LogP contribution in [-0.4, -0.2) is 5.53 Å². The fraction of sp³-hybridized carbons (Fsp3) is 0.200. The van der Waals surface area contributed by atoms with E-state index in [4.69, 9.17) is 9.47 Å². The molecule has 2 nitrogen and oxygen atoms in total. The highest BCUT2D eigenvalue weighted by atomic mass is 31.0. The Morgan fingerprint density at radius 3 is 1.56 bits per heavy atom. The molecule has 0 saturated carbocycles. The van der Waals surface area contributed by atoms with E-state index in [1.165, 1.54) is 0 Å². The number of ether oxygens (including phenoxy) is 2. The molecule has 94 valence electrons. The molecule has 0 aromatic heterocycles. The number of rotatable bonds is 5. The molecule has 2 rings (SSSR count). The van der Waals surface area contributed by atoms with E-state index in [0.29, 0.717) is 0 Å². The van der Waals surface area contributed by atoms with Crippen LogP contribution >= 0.6 is 9.24 Å². The van der Waals surface area contributed by atoms with Gasteiger partial charge in [0.25, 0.3) is 5.53 Å². The largest absolute Gasteiger partial charge is 0.449 e. The summed E-state index contributed by atoms with van der Waals surface area (Å²) >= 11 is 0. The van der Waals surface area contributed by atoms with Crippen LogP contribution in [0.15, 0.2) is 60.7 Å². The highest BCUT2D eigenvalue weighted by molar-refractivity contribution is 7.18. The van der Waals surface area contributed by atoms with Gasteiger partial charge in [0.2, 0.25) is 0 Å². The molecule has 2 aromatic carbocycles. The highest BCUT2D eigenvalue weighted by Gasteiger charge is 2.26. The minimum absolute atomic E-state index is 0.724. The van der Waals surface area contributed by atoms with Crippen molar-refractivity contribution in [2.24, 2.45) is 0 Å². The standard InChI is InChI=1S/C15H17O2P/c1-2-15(18,16-13-9-5-3-6-10-13)17-14-11-7-4-8-12-14/h3-12H,2,18H2,1H3. The minimum atomic E-state index is -0.733. The molecule has 0 spiro atoms. The molecule has 0 aliphatic carbocycles. The van der Waals surface area contributed by atoms with Crippen molar-refractivity contribution < 1.29 is 9.47 Å². The van der Waals surface area contributed by atoms with Crippen molar-refractivity contribution in [3.63, 3.8) is 0 Å². The maximum absolute atomic E-state index is 5.90. The third-order valence-electron chi connectivity index (χ3n) is 2.56. The number of para-hydroxylation sites is 2. The average molecular weight is 260 g/mol. The smallest absolute Gasteiger partial charge is 0.262 e. The van der Waals surface area contributed by atoms with Gasteiger partial charge in [0.1, 0.15) is 11.5 Å². The van der Waals surface area contributed by atoms with Gasteiger partial charge in [-0.05, 0) is 33.5 Å². The van der Waals surface area contributed by atoms with Crippen LogP contribution < -0.4 is 9.47 Å². The van der Waals surface area contributed by atoms with Crippen LogP contribution in [0.25, 0.3) is 0 Å². The Morgan fingerprint density at radius 1 is 0.833 bits per heavy atom. The quantitative estimate of drug-likeness (QED) is 0.595. The van der Waals surface area contributed by atoms with Crippen molar-refractivity contribution in [3.05, 3.63) is 60.7 Å². The van der Waals surface area contributed by atoms with E-state index < -0.39 is 5.53 Å². The van der Waals surface area contributed by atoms with Gasteiger partial charge in [0, 0.05) is 6.42 Å². The van der Waals surface area contributed by atoms with Crippen molar-refractivity contribution in [1.29, 1.82) is 0 Å². The first-order chi connectivity index (χ1) is 8.72. The Morgan fingerprint density at radius 2 is 1.22 bits per heavy atom. The number of hydrogen-bond acceptors (Lipinski definition) is 2. The van der Waals surface area contributed by atoms with Crippen LogP contribution in [0.5, 0.6) is 11.5 Å². The van der Waals surface area contributed by atoms with Gasteiger partial charge in [-0.15, -0.1) is 0 Å². The van der Waals surface area contributed by atoms with Gasteiger partial charge < -0.3 is 9.47 Å². The molecule has 0 fully saturated rings. The van der Waals surface area contributed by atoms with Gasteiger partial charge in [-0.2, -0.15) is 0 Å². The summed E-state index contributed by atoms with van der Waals surface area (Å²) in [5.41, 5.74) is -0.733. The maximum atomic E-state index is 5.90. The average Bonchev–Trinajstić information content (AvgIpc) is 2.41. The summed E-state index contributed by atoms with van der Waals surface area (Å²) < 4.78 is 11.8. The van der Waals surface area contributed by atoms with E-state index in [1.807, 2.05) is 67.6 Å². The summed E-state index contributed by atoms with van der Waals surface area (Å²) in [5.74, 6) is 1.59. The van der Waals surface area contributed by atoms with E-state index in [0.717, 1.165) is 17.9 Å². The van der Waals surface area contributed by atoms with Crippen molar-refractivity contribution in [2.75, 3.05) is 0 Å². The number of hydrogen-bond donors (Lipinski definition) is 0. The van der Waals surface area contributed by atoms with E-state index in [1.54, 1.807) is 0 Å². The Hall–Kier alpha value is -1.53. The molecule has 0 radical (unpaired) electrons. The van der Waals surface area contributed by atoms with Crippen molar-refractivity contribution >= 4 is 9.24 Å². The van der Waals surface area contributed by atoms with E-state index in [-0.39, 0.29) is 0 Å². The summed E-state index contributed by atoms with van der Waals surface area (Å²) in [7, 11) is 2.65. The molecule has 1 unspecified atom stereocenters. The van der Waals surface area contributed by atoms with Crippen LogP contribution in [0.2, 0.25) is 0 Å². The molecule has 3 heteroatoms. The predicted octanol–water partition coefficient (Wildman–Crippen LogP) is 4.08. The van der Waals surface area contributed by atoms with Gasteiger partial charge in [0.15, 0.2) is 0 Å². The maximum Gasteiger partial charge on any atom is 0.262 e. The molecule has 2 aromatic rings. The molecular formula is C15H17O2P. The van der Waals surface area contributed by atoms with Crippen molar-refractivity contribution in [3.8, 4) is 11.5 Å².